The summed E-state index contributed by atoms with van der Waals surface area (Å²) in [5.74, 6) is 0. The summed E-state index contributed by atoms with van der Waals surface area (Å²) in [5.41, 5.74) is 2.69. The van der Waals surface area contributed by atoms with E-state index in [-0.39, 0.29) is 5.41 Å². The summed E-state index contributed by atoms with van der Waals surface area (Å²) < 4.78 is 5.58. The van der Waals surface area contributed by atoms with Gasteiger partial charge >= 0.3 is 0 Å². The van der Waals surface area contributed by atoms with Crippen LogP contribution in [0.25, 0.3) is 0 Å². The lowest BCUT2D eigenvalue weighted by Crippen LogP contribution is -2.42. The van der Waals surface area contributed by atoms with Crippen LogP contribution in [-0.2, 0) is 16.7 Å². The molecule has 1 N–H and O–H groups in total. The minimum atomic E-state index is 0.149. The largest absolute Gasteiger partial charge is 0.381 e. The Labute approximate surface area is 147 Å². The maximum atomic E-state index is 6.09. The van der Waals surface area contributed by atoms with Crippen LogP contribution >= 0.6 is 23.2 Å². The van der Waals surface area contributed by atoms with E-state index >= 15 is 0 Å². The van der Waals surface area contributed by atoms with Crippen molar-refractivity contribution < 1.29 is 4.74 Å². The molecule has 3 rings (SSSR count). The van der Waals surface area contributed by atoms with E-state index in [9.17, 15) is 0 Å². The van der Waals surface area contributed by atoms with E-state index < -0.39 is 0 Å². The third-order valence-corrected chi connectivity index (χ3v) is 5.35. The summed E-state index contributed by atoms with van der Waals surface area (Å²) in [6.45, 7) is 3.36. The number of halogens is 2. The molecular weight excluding hydrogens is 329 g/mol. The fourth-order valence-electron chi connectivity index (χ4n) is 3.22. The highest BCUT2D eigenvalue weighted by molar-refractivity contribution is 6.42. The van der Waals surface area contributed by atoms with Gasteiger partial charge in [0.15, 0.2) is 0 Å². The first-order valence-corrected chi connectivity index (χ1v) is 8.73. The molecule has 1 fully saturated rings. The molecule has 2 nitrogen and oxygen atoms in total. The van der Waals surface area contributed by atoms with Crippen molar-refractivity contribution in [2.75, 3.05) is 19.8 Å². The Kier molecular flexibility index (Phi) is 5.60. The second-order valence-electron chi connectivity index (χ2n) is 6.11. The van der Waals surface area contributed by atoms with Crippen LogP contribution in [0.5, 0.6) is 0 Å². The molecule has 23 heavy (non-hydrogen) atoms. The Morgan fingerprint density at radius 2 is 1.70 bits per heavy atom. The molecule has 2 aromatic carbocycles. The first-order chi connectivity index (χ1) is 11.2. The lowest BCUT2D eigenvalue weighted by Gasteiger charge is -2.38. The molecule has 0 aromatic heterocycles. The van der Waals surface area contributed by atoms with Gasteiger partial charge in [-0.3, -0.25) is 0 Å². The minimum Gasteiger partial charge on any atom is -0.381 e. The highest BCUT2D eigenvalue weighted by Gasteiger charge is 2.33. The molecule has 0 aliphatic carbocycles. The monoisotopic (exact) mass is 349 g/mol. The molecule has 1 aliphatic rings. The van der Waals surface area contributed by atoms with Gasteiger partial charge < -0.3 is 10.1 Å². The van der Waals surface area contributed by atoms with Gasteiger partial charge in [-0.2, -0.15) is 0 Å². The average Bonchev–Trinajstić information content (AvgIpc) is 2.60. The van der Waals surface area contributed by atoms with Crippen LogP contribution in [0.4, 0.5) is 0 Å². The Hall–Kier alpha value is -1.06. The van der Waals surface area contributed by atoms with Gasteiger partial charge in [0.05, 0.1) is 10.0 Å². The lowest BCUT2D eigenvalue weighted by atomic mass is 9.74. The van der Waals surface area contributed by atoms with Crippen molar-refractivity contribution in [3.05, 3.63) is 69.7 Å². The van der Waals surface area contributed by atoms with Crippen molar-refractivity contribution in [2.24, 2.45) is 0 Å². The van der Waals surface area contributed by atoms with Crippen LogP contribution in [-0.4, -0.2) is 19.8 Å². The topological polar surface area (TPSA) is 21.3 Å². The maximum absolute atomic E-state index is 6.09. The van der Waals surface area contributed by atoms with Crippen molar-refractivity contribution >= 4 is 23.2 Å². The van der Waals surface area contributed by atoms with E-state index in [2.05, 4.69) is 35.6 Å². The van der Waals surface area contributed by atoms with Crippen molar-refractivity contribution in [2.45, 2.75) is 24.8 Å². The second kappa shape index (κ2) is 7.67. The SMILES string of the molecule is Clc1ccc(CNCC2(c3ccccc3)CCOCC2)cc1Cl. The van der Waals surface area contributed by atoms with Gasteiger partial charge in [-0.15, -0.1) is 0 Å². The molecule has 0 atom stereocenters. The van der Waals surface area contributed by atoms with Crippen molar-refractivity contribution in [1.82, 2.24) is 5.32 Å². The Bertz CT molecular complexity index is 639. The highest BCUT2D eigenvalue weighted by Crippen LogP contribution is 2.34. The summed E-state index contributed by atoms with van der Waals surface area (Å²) >= 11 is 12.1. The first-order valence-electron chi connectivity index (χ1n) is 7.98. The van der Waals surface area contributed by atoms with E-state index in [1.54, 1.807) is 0 Å². The van der Waals surface area contributed by atoms with Crippen LogP contribution < -0.4 is 5.32 Å². The molecule has 0 unspecified atom stereocenters. The molecule has 0 amide bonds. The molecule has 2 aromatic rings. The third kappa shape index (κ3) is 4.07. The Balaban J connectivity index is 1.68. The molecule has 0 radical (unpaired) electrons. The van der Waals surface area contributed by atoms with Gasteiger partial charge in [-0.1, -0.05) is 59.6 Å². The van der Waals surface area contributed by atoms with Gasteiger partial charge in [0, 0.05) is 31.7 Å². The fourth-order valence-corrected chi connectivity index (χ4v) is 3.54. The number of benzene rings is 2. The summed E-state index contributed by atoms with van der Waals surface area (Å²) in [4.78, 5) is 0. The normalized spacial score (nSPS) is 17.1. The van der Waals surface area contributed by atoms with Crippen LogP contribution in [0, 0.1) is 0 Å². The van der Waals surface area contributed by atoms with E-state index in [1.165, 1.54) is 5.56 Å². The number of nitrogens with one attached hydrogen (secondary N) is 1. The zero-order chi connectivity index (χ0) is 16.1. The second-order valence-corrected chi connectivity index (χ2v) is 6.93. The van der Waals surface area contributed by atoms with Gasteiger partial charge in [0.25, 0.3) is 0 Å². The molecule has 1 heterocycles. The lowest BCUT2D eigenvalue weighted by molar-refractivity contribution is 0.0498. The number of hydrogen-bond acceptors (Lipinski definition) is 2. The zero-order valence-electron chi connectivity index (χ0n) is 13.0. The fraction of sp³-hybridized carbons (Fsp3) is 0.368. The predicted octanol–water partition coefficient (Wildman–Crippen LogP) is 4.83. The first kappa shape index (κ1) is 16.8. The van der Waals surface area contributed by atoms with Crippen molar-refractivity contribution in [3.8, 4) is 0 Å². The molecule has 4 heteroatoms. The summed E-state index contributed by atoms with van der Waals surface area (Å²) in [5, 5.41) is 4.80. The average molecular weight is 350 g/mol. The number of ether oxygens (including phenoxy) is 1. The smallest absolute Gasteiger partial charge is 0.0595 e. The van der Waals surface area contributed by atoms with Gasteiger partial charge in [-0.25, -0.2) is 0 Å². The summed E-state index contributed by atoms with van der Waals surface area (Å²) in [6.07, 6.45) is 2.09. The standard InChI is InChI=1S/C19H21Cl2NO/c20-17-7-6-15(12-18(17)21)13-22-14-19(8-10-23-11-9-19)16-4-2-1-3-5-16/h1-7,12,22H,8-11,13-14H2. The van der Waals surface area contributed by atoms with Crippen LogP contribution in [0.3, 0.4) is 0 Å². The molecule has 1 saturated heterocycles. The summed E-state index contributed by atoms with van der Waals surface area (Å²) in [7, 11) is 0. The molecule has 0 saturated carbocycles. The molecule has 0 spiro atoms. The van der Waals surface area contributed by atoms with Crippen molar-refractivity contribution in [3.63, 3.8) is 0 Å². The maximum Gasteiger partial charge on any atom is 0.0595 e. The quantitative estimate of drug-likeness (QED) is 0.834. The van der Waals surface area contributed by atoms with Gasteiger partial charge in [0.1, 0.15) is 0 Å². The number of hydrogen-bond donors (Lipinski definition) is 1. The summed E-state index contributed by atoms with van der Waals surface area (Å²) in [6, 6.07) is 16.5. The molecule has 122 valence electrons. The van der Waals surface area contributed by atoms with E-state index in [4.69, 9.17) is 27.9 Å². The molecule has 1 aliphatic heterocycles. The van der Waals surface area contributed by atoms with E-state index in [0.717, 1.165) is 44.7 Å². The number of rotatable bonds is 5. The van der Waals surface area contributed by atoms with E-state index in [1.807, 2.05) is 18.2 Å². The van der Waals surface area contributed by atoms with Gasteiger partial charge in [-0.05, 0) is 36.1 Å². The third-order valence-electron chi connectivity index (χ3n) is 4.61. The predicted molar refractivity (Wildman–Crippen MR) is 96.3 cm³/mol. The van der Waals surface area contributed by atoms with Crippen LogP contribution in [0.15, 0.2) is 48.5 Å². The van der Waals surface area contributed by atoms with E-state index in [0.29, 0.717) is 10.0 Å². The van der Waals surface area contributed by atoms with Crippen LogP contribution in [0.1, 0.15) is 24.0 Å². The van der Waals surface area contributed by atoms with Crippen molar-refractivity contribution in [1.29, 1.82) is 0 Å². The highest BCUT2D eigenvalue weighted by atomic mass is 35.5. The molecular formula is C19H21Cl2NO. The Morgan fingerprint density at radius 3 is 2.39 bits per heavy atom. The van der Waals surface area contributed by atoms with Crippen LogP contribution in [0.2, 0.25) is 10.0 Å². The zero-order valence-corrected chi connectivity index (χ0v) is 14.5. The molecule has 0 bridgehead atoms. The Morgan fingerprint density at radius 1 is 0.957 bits per heavy atom. The van der Waals surface area contributed by atoms with Gasteiger partial charge in [0.2, 0.25) is 0 Å². The minimum absolute atomic E-state index is 0.149.